The molecule has 0 aromatic heterocycles. The van der Waals surface area contributed by atoms with Crippen molar-refractivity contribution in [2.45, 2.75) is 18.9 Å². The van der Waals surface area contributed by atoms with Gasteiger partial charge in [0.15, 0.2) is 5.96 Å². The van der Waals surface area contributed by atoms with Gasteiger partial charge in [0.1, 0.15) is 0 Å². The van der Waals surface area contributed by atoms with E-state index in [0.29, 0.717) is 18.7 Å². The molecule has 1 aliphatic rings. The fraction of sp³-hybridized carbons (Fsp3) is 0.500. The maximum absolute atomic E-state index is 11.9. The maximum atomic E-state index is 11.9. The van der Waals surface area contributed by atoms with Crippen LogP contribution in [0.5, 0.6) is 0 Å². The summed E-state index contributed by atoms with van der Waals surface area (Å²) in [5.74, 6) is 0.661. The van der Waals surface area contributed by atoms with Crippen molar-refractivity contribution in [3.8, 4) is 0 Å². The van der Waals surface area contributed by atoms with Crippen molar-refractivity contribution in [3.05, 3.63) is 35.9 Å². The molecule has 6 heteroatoms. The molecule has 1 atom stereocenters. The van der Waals surface area contributed by atoms with Gasteiger partial charge in [-0.1, -0.05) is 18.2 Å². The molecule has 0 saturated carbocycles. The van der Waals surface area contributed by atoms with E-state index >= 15 is 0 Å². The van der Waals surface area contributed by atoms with Gasteiger partial charge in [0, 0.05) is 38.9 Å². The molecule has 1 unspecified atom stereocenters. The largest absolute Gasteiger partial charge is 0.376 e. The Bertz CT molecular complexity index is 484. The number of amides is 1. The summed E-state index contributed by atoms with van der Waals surface area (Å²) in [7, 11) is 1.73. The van der Waals surface area contributed by atoms with Gasteiger partial charge in [-0.05, 0) is 25.0 Å². The lowest BCUT2D eigenvalue weighted by Gasteiger charge is -2.15. The quantitative estimate of drug-likeness (QED) is 0.412. The minimum absolute atomic E-state index is 0.0651. The van der Waals surface area contributed by atoms with Crippen LogP contribution in [0, 0.1) is 0 Å². The second-order valence-corrected chi connectivity index (χ2v) is 5.14. The van der Waals surface area contributed by atoms with Crippen molar-refractivity contribution in [2.75, 3.05) is 33.3 Å². The molecule has 3 N–H and O–H groups in total. The highest BCUT2D eigenvalue weighted by Gasteiger charge is 2.15. The molecule has 1 fully saturated rings. The Morgan fingerprint density at radius 1 is 1.23 bits per heavy atom. The Morgan fingerprint density at radius 2 is 2.00 bits per heavy atom. The van der Waals surface area contributed by atoms with Gasteiger partial charge in [-0.2, -0.15) is 0 Å². The fourth-order valence-corrected chi connectivity index (χ4v) is 2.28. The van der Waals surface area contributed by atoms with Gasteiger partial charge >= 0.3 is 0 Å². The van der Waals surface area contributed by atoms with Crippen LogP contribution in [0.2, 0.25) is 0 Å². The molecule has 0 spiro atoms. The van der Waals surface area contributed by atoms with Crippen LogP contribution < -0.4 is 16.0 Å². The Hall–Kier alpha value is -2.08. The van der Waals surface area contributed by atoms with Crippen LogP contribution >= 0.6 is 0 Å². The standard InChI is InChI=1S/C16H24N4O2/c1-17-16(20-12-14-8-5-11-22-14)19-10-9-18-15(21)13-6-3-2-4-7-13/h2-4,6-7,14H,5,8-12H2,1H3,(H,18,21)(H2,17,19,20). The minimum atomic E-state index is -0.0651. The topological polar surface area (TPSA) is 74.8 Å². The second kappa shape index (κ2) is 9.04. The van der Waals surface area contributed by atoms with Crippen LogP contribution in [-0.4, -0.2) is 51.3 Å². The van der Waals surface area contributed by atoms with E-state index in [1.807, 2.05) is 18.2 Å². The first-order chi connectivity index (χ1) is 10.8. The number of hydrogen-bond donors (Lipinski definition) is 3. The number of hydrogen-bond acceptors (Lipinski definition) is 3. The number of nitrogens with zero attached hydrogens (tertiary/aromatic N) is 1. The molecule has 22 heavy (non-hydrogen) atoms. The molecule has 120 valence electrons. The van der Waals surface area contributed by atoms with E-state index in [9.17, 15) is 4.79 Å². The maximum Gasteiger partial charge on any atom is 0.251 e. The number of guanidine groups is 1. The van der Waals surface area contributed by atoms with Gasteiger partial charge in [0.05, 0.1) is 6.10 Å². The minimum Gasteiger partial charge on any atom is -0.376 e. The zero-order valence-corrected chi connectivity index (χ0v) is 13.0. The van der Waals surface area contributed by atoms with Gasteiger partial charge in [0.2, 0.25) is 0 Å². The van der Waals surface area contributed by atoms with Crippen molar-refractivity contribution in [3.63, 3.8) is 0 Å². The van der Waals surface area contributed by atoms with E-state index in [2.05, 4.69) is 20.9 Å². The Morgan fingerprint density at radius 3 is 2.68 bits per heavy atom. The number of carbonyl (C=O) groups excluding carboxylic acids is 1. The predicted octanol–water partition coefficient (Wildman–Crippen LogP) is 0.760. The van der Waals surface area contributed by atoms with E-state index in [-0.39, 0.29) is 12.0 Å². The first-order valence-electron chi connectivity index (χ1n) is 7.69. The zero-order valence-electron chi connectivity index (χ0n) is 13.0. The molecule has 1 aromatic carbocycles. The highest BCUT2D eigenvalue weighted by atomic mass is 16.5. The highest BCUT2D eigenvalue weighted by Crippen LogP contribution is 2.10. The molecular weight excluding hydrogens is 280 g/mol. The van der Waals surface area contributed by atoms with Crippen molar-refractivity contribution in [1.29, 1.82) is 0 Å². The van der Waals surface area contributed by atoms with E-state index in [4.69, 9.17) is 4.74 Å². The number of benzene rings is 1. The van der Waals surface area contributed by atoms with Gasteiger partial charge in [-0.15, -0.1) is 0 Å². The monoisotopic (exact) mass is 304 g/mol. The molecule has 6 nitrogen and oxygen atoms in total. The number of aliphatic imine (C=N–C) groups is 1. The average Bonchev–Trinajstić information content (AvgIpc) is 3.08. The van der Waals surface area contributed by atoms with Gasteiger partial charge in [0.25, 0.3) is 5.91 Å². The summed E-state index contributed by atoms with van der Waals surface area (Å²) >= 11 is 0. The van der Waals surface area contributed by atoms with Gasteiger partial charge < -0.3 is 20.7 Å². The summed E-state index contributed by atoms with van der Waals surface area (Å²) in [5.41, 5.74) is 0.670. The summed E-state index contributed by atoms with van der Waals surface area (Å²) in [6.45, 7) is 2.76. The van der Waals surface area contributed by atoms with E-state index < -0.39 is 0 Å². The lowest BCUT2D eigenvalue weighted by molar-refractivity contribution is 0.0954. The van der Waals surface area contributed by atoms with Gasteiger partial charge in [-0.25, -0.2) is 0 Å². The van der Waals surface area contributed by atoms with Crippen molar-refractivity contribution < 1.29 is 9.53 Å². The smallest absolute Gasteiger partial charge is 0.251 e. The zero-order chi connectivity index (χ0) is 15.6. The lowest BCUT2D eigenvalue weighted by Crippen LogP contribution is -2.43. The Balaban J connectivity index is 1.61. The summed E-state index contributed by atoms with van der Waals surface area (Å²) in [5, 5.41) is 9.27. The fourth-order valence-electron chi connectivity index (χ4n) is 2.28. The molecule has 1 heterocycles. The van der Waals surface area contributed by atoms with Crippen molar-refractivity contribution >= 4 is 11.9 Å². The number of rotatable bonds is 6. The molecular formula is C16H24N4O2. The van der Waals surface area contributed by atoms with Crippen LogP contribution in [0.25, 0.3) is 0 Å². The Labute approximate surface area is 131 Å². The molecule has 1 aliphatic heterocycles. The van der Waals surface area contributed by atoms with Crippen molar-refractivity contribution in [1.82, 2.24) is 16.0 Å². The van der Waals surface area contributed by atoms with Crippen LogP contribution in [0.15, 0.2) is 35.3 Å². The molecule has 0 aliphatic carbocycles. The summed E-state index contributed by atoms with van der Waals surface area (Å²) in [6, 6.07) is 9.19. The third kappa shape index (κ3) is 5.37. The van der Waals surface area contributed by atoms with Crippen LogP contribution in [0.1, 0.15) is 23.2 Å². The Kier molecular flexibility index (Phi) is 6.70. The van der Waals surface area contributed by atoms with Crippen molar-refractivity contribution in [2.24, 2.45) is 4.99 Å². The van der Waals surface area contributed by atoms with Crippen LogP contribution in [0.3, 0.4) is 0 Å². The molecule has 1 saturated heterocycles. The predicted molar refractivity (Wildman–Crippen MR) is 87.1 cm³/mol. The third-order valence-electron chi connectivity index (χ3n) is 3.48. The first kappa shape index (κ1) is 16.3. The van der Waals surface area contributed by atoms with E-state index in [1.165, 1.54) is 0 Å². The number of nitrogens with one attached hydrogen (secondary N) is 3. The van der Waals surface area contributed by atoms with E-state index in [0.717, 1.165) is 32.0 Å². The first-order valence-corrected chi connectivity index (χ1v) is 7.69. The third-order valence-corrected chi connectivity index (χ3v) is 3.48. The lowest BCUT2D eigenvalue weighted by atomic mass is 10.2. The van der Waals surface area contributed by atoms with E-state index in [1.54, 1.807) is 19.2 Å². The summed E-state index contributed by atoms with van der Waals surface area (Å²) in [4.78, 5) is 16.0. The second-order valence-electron chi connectivity index (χ2n) is 5.14. The van der Waals surface area contributed by atoms with Gasteiger partial charge in [-0.3, -0.25) is 9.79 Å². The molecule has 2 rings (SSSR count). The molecule has 1 amide bonds. The number of carbonyl (C=O) groups is 1. The normalized spacial score (nSPS) is 18.0. The van der Waals surface area contributed by atoms with Crippen LogP contribution in [-0.2, 0) is 4.74 Å². The molecule has 1 aromatic rings. The highest BCUT2D eigenvalue weighted by molar-refractivity contribution is 5.94. The SMILES string of the molecule is CN=C(NCCNC(=O)c1ccccc1)NCC1CCCO1. The molecule has 0 bridgehead atoms. The average molecular weight is 304 g/mol. The summed E-state index contributed by atoms with van der Waals surface area (Å²) in [6.07, 6.45) is 2.50. The van der Waals surface area contributed by atoms with Crippen LogP contribution in [0.4, 0.5) is 0 Å². The number of ether oxygens (including phenoxy) is 1. The molecule has 0 radical (unpaired) electrons. The summed E-state index contributed by atoms with van der Waals surface area (Å²) < 4.78 is 5.55.